The Kier molecular flexibility index (Phi) is 5.13. The highest BCUT2D eigenvalue weighted by molar-refractivity contribution is 6.30. The van der Waals surface area contributed by atoms with E-state index in [0.717, 1.165) is 24.9 Å². The van der Waals surface area contributed by atoms with Crippen LogP contribution in [0, 0.1) is 0 Å². The number of halogens is 1. The molecule has 0 spiro atoms. The summed E-state index contributed by atoms with van der Waals surface area (Å²) in [6.07, 6.45) is 5.96. The van der Waals surface area contributed by atoms with Crippen molar-refractivity contribution >= 4 is 17.5 Å². The summed E-state index contributed by atoms with van der Waals surface area (Å²) in [5, 5.41) is 0.631. The predicted octanol–water partition coefficient (Wildman–Crippen LogP) is 3.87. The van der Waals surface area contributed by atoms with Gasteiger partial charge in [0.15, 0.2) is 0 Å². The van der Waals surface area contributed by atoms with Crippen LogP contribution in [0.4, 0.5) is 0 Å². The van der Waals surface area contributed by atoms with Gasteiger partial charge in [-0.05, 0) is 48.7 Å². The topological polar surface area (TPSA) is 42.4 Å². The molecule has 1 fully saturated rings. The first-order valence-corrected chi connectivity index (χ1v) is 8.19. The van der Waals surface area contributed by atoms with Crippen molar-refractivity contribution in [2.75, 3.05) is 13.2 Å². The van der Waals surface area contributed by atoms with E-state index in [1.54, 1.807) is 24.5 Å². The number of carbonyl (C=O) groups excluding carboxylic acids is 1. The lowest BCUT2D eigenvalue weighted by Crippen LogP contribution is -2.31. The Morgan fingerprint density at radius 3 is 2.91 bits per heavy atom. The van der Waals surface area contributed by atoms with Crippen LogP contribution in [-0.4, -0.2) is 28.9 Å². The maximum Gasteiger partial charge on any atom is 0.226 e. The second-order valence-corrected chi connectivity index (χ2v) is 6.02. The van der Waals surface area contributed by atoms with Crippen molar-refractivity contribution in [1.82, 2.24) is 9.88 Å². The van der Waals surface area contributed by atoms with Gasteiger partial charge in [0, 0.05) is 24.0 Å². The molecule has 1 aromatic carbocycles. The van der Waals surface area contributed by atoms with E-state index in [2.05, 4.69) is 4.98 Å². The molecule has 1 saturated heterocycles. The van der Waals surface area contributed by atoms with Gasteiger partial charge in [-0.3, -0.25) is 9.78 Å². The van der Waals surface area contributed by atoms with Crippen molar-refractivity contribution in [2.45, 2.75) is 25.3 Å². The molecule has 2 aromatic rings. The molecule has 0 saturated carbocycles. The Balaban J connectivity index is 1.55. The molecule has 5 heteroatoms. The second kappa shape index (κ2) is 7.47. The number of hydrogen-bond acceptors (Lipinski definition) is 3. The van der Waals surface area contributed by atoms with E-state index in [0.29, 0.717) is 23.8 Å². The molecule has 1 aliphatic rings. The highest BCUT2D eigenvalue weighted by atomic mass is 35.5. The molecule has 1 unspecified atom stereocenters. The Morgan fingerprint density at radius 2 is 2.13 bits per heavy atom. The van der Waals surface area contributed by atoms with Gasteiger partial charge in [-0.15, -0.1) is 0 Å². The third-order valence-electron chi connectivity index (χ3n) is 4.04. The van der Waals surface area contributed by atoms with E-state index in [1.165, 1.54) is 0 Å². The van der Waals surface area contributed by atoms with Crippen LogP contribution in [0.3, 0.4) is 0 Å². The number of amides is 1. The first-order valence-electron chi connectivity index (χ1n) is 7.82. The van der Waals surface area contributed by atoms with E-state index in [9.17, 15) is 4.79 Å². The molecular formula is C18H19ClN2O2. The van der Waals surface area contributed by atoms with Crippen molar-refractivity contribution < 1.29 is 9.53 Å². The molecule has 4 nitrogen and oxygen atoms in total. The molecule has 0 aliphatic carbocycles. The molecule has 1 aliphatic heterocycles. The SMILES string of the molecule is O=C(CCOc1cccc(Cl)c1)N1CCCC1c1ccncc1. The van der Waals surface area contributed by atoms with Crippen LogP contribution in [0.15, 0.2) is 48.8 Å². The summed E-state index contributed by atoms with van der Waals surface area (Å²) in [6, 6.07) is 11.4. The number of benzene rings is 1. The molecule has 1 amide bonds. The van der Waals surface area contributed by atoms with E-state index in [-0.39, 0.29) is 11.9 Å². The number of pyridine rings is 1. The van der Waals surface area contributed by atoms with Crippen LogP contribution in [0.1, 0.15) is 30.9 Å². The minimum atomic E-state index is 0.131. The van der Waals surface area contributed by atoms with E-state index >= 15 is 0 Å². The van der Waals surface area contributed by atoms with Crippen LogP contribution in [0.25, 0.3) is 0 Å². The largest absolute Gasteiger partial charge is 0.493 e. The summed E-state index contributed by atoms with van der Waals surface area (Å²) in [4.78, 5) is 18.5. The van der Waals surface area contributed by atoms with Crippen LogP contribution in [0.2, 0.25) is 5.02 Å². The van der Waals surface area contributed by atoms with Gasteiger partial charge in [0.25, 0.3) is 0 Å². The smallest absolute Gasteiger partial charge is 0.226 e. The lowest BCUT2D eigenvalue weighted by Gasteiger charge is -2.25. The summed E-state index contributed by atoms with van der Waals surface area (Å²) in [6.45, 7) is 1.17. The van der Waals surface area contributed by atoms with Gasteiger partial charge in [0.05, 0.1) is 19.1 Å². The van der Waals surface area contributed by atoms with Gasteiger partial charge in [-0.2, -0.15) is 0 Å². The minimum Gasteiger partial charge on any atom is -0.493 e. The normalized spacial score (nSPS) is 17.3. The quantitative estimate of drug-likeness (QED) is 0.835. The zero-order valence-corrected chi connectivity index (χ0v) is 13.6. The van der Waals surface area contributed by atoms with Gasteiger partial charge in [0.2, 0.25) is 5.91 Å². The molecule has 3 rings (SSSR count). The zero-order chi connectivity index (χ0) is 16.1. The fourth-order valence-electron chi connectivity index (χ4n) is 2.95. The summed E-state index contributed by atoms with van der Waals surface area (Å²) in [5.74, 6) is 0.823. The minimum absolute atomic E-state index is 0.131. The van der Waals surface area contributed by atoms with Gasteiger partial charge >= 0.3 is 0 Å². The Bertz CT molecular complexity index is 663. The summed E-state index contributed by atoms with van der Waals surface area (Å²) < 4.78 is 5.62. The van der Waals surface area contributed by atoms with Gasteiger partial charge in [-0.25, -0.2) is 0 Å². The van der Waals surface area contributed by atoms with Crippen molar-refractivity contribution in [3.05, 3.63) is 59.4 Å². The highest BCUT2D eigenvalue weighted by Crippen LogP contribution is 2.32. The maximum atomic E-state index is 12.5. The summed E-state index contributed by atoms with van der Waals surface area (Å²) in [7, 11) is 0. The molecule has 1 atom stereocenters. The zero-order valence-electron chi connectivity index (χ0n) is 12.8. The van der Waals surface area contributed by atoms with Gasteiger partial charge in [-0.1, -0.05) is 17.7 Å². The number of rotatable bonds is 5. The predicted molar refractivity (Wildman–Crippen MR) is 89.5 cm³/mol. The molecule has 0 bridgehead atoms. The molecule has 1 aromatic heterocycles. The number of carbonyl (C=O) groups is 1. The van der Waals surface area contributed by atoms with Crippen molar-refractivity contribution in [2.24, 2.45) is 0 Å². The second-order valence-electron chi connectivity index (χ2n) is 5.58. The molecule has 0 radical (unpaired) electrons. The van der Waals surface area contributed by atoms with Crippen molar-refractivity contribution in [1.29, 1.82) is 0 Å². The summed E-state index contributed by atoms with van der Waals surface area (Å²) in [5.41, 5.74) is 1.15. The maximum absolute atomic E-state index is 12.5. The first-order chi connectivity index (χ1) is 11.2. The standard InChI is InChI=1S/C18H19ClN2O2/c19-15-3-1-4-16(13-15)23-12-8-18(22)21-11-2-5-17(21)14-6-9-20-10-7-14/h1,3-4,6-7,9-10,13,17H,2,5,8,11-12H2. The monoisotopic (exact) mass is 330 g/mol. The van der Waals surface area contributed by atoms with E-state index < -0.39 is 0 Å². The number of hydrogen-bond donors (Lipinski definition) is 0. The fourth-order valence-corrected chi connectivity index (χ4v) is 3.13. The van der Waals surface area contributed by atoms with E-state index in [1.807, 2.05) is 29.2 Å². The molecule has 2 heterocycles. The first kappa shape index (κ1) is 15.8. The Morgan fingerprint density at radius 1 is 1.30 bits per heavy atom. The van der Waals surface area contributed by atoms with Crippen molar-refractivity contribution in [3.63, 3.8) is 0 Å². The van der Waals surface area contributed by atoms with Crippen LogP contribution < -0.4 is 4.74 Å². The number of nitrogens with zero attached hydrogens (tertiary/aromatic N) is 2. The average Bonchev–Trinajstić information content (AvgIpc) is 3.05. The van der Waals surface area contributed by atoms with Crippen LogP contribution in [0.5, 0.6) is 5.75 Å². The molecule has 23 heavy (non-hydrogen) atoms. The number of ether oxygens (including phenoxy) is 1. The lowest BCUT2D eigenvalue weighted by molar-refractivity contribution is -0.132. The Labute approximate surface area is 141 Å². The number of aromatic nitrogens is 1. The summed E-state index contributed by atoms with van der Waals surface area (Å²) >= 11 is 5.92. The van der Waals surface area contributed by atoms with Gasteiger partial charge < -0.3 is 9.64 Å². The van der Waals surface area contributed by atoms with E-state index in [4.69, 9.17) is 16.3 Å². The third-order valence-corrected chi connectivity index (χ3v) is 4.28. The molecule has 120 valence electrons. The Hall–Kier alpha value is -2.07. The number of likely N-dealkylation sites (tertiary alicyclic amines) is 1. The van der Waals surface area contributed by atoms with Crippen LogP contribution in [-0.2, 0) is 4.79 Å². The lowest BCUT2D eigenvalue weighted by atomic mass is 10.1. The van der Waals surface area contributed by atoms with Crippen LogP contribution >= 0.6 is 11.6 Å². The fraction of sp³-hybridized carbons (Fsp3) is 0.333. The molecule has 0 N–H and O–H groups in total. The average molecular weight is 331 g/mol. The molecular weight excluding hydrogens is 312 g/mol. The van der Waals surface area contributed by atoms with Gasteiger partial charge in [0.1, 0.15) is 5.75 Å². The third kappa shape index (κ3) is 4.02. The highest BCUT2D eigenvalue weighted by Gasteiger charge is 2.29. The van der Waals surface area contributed by atoms with Crippen molar-refractivity contribution in [3.8, 4) is 5.75 Å².